The fourth-order valence-electron chi connectivity index (χ4n) is 3.15. The van der Waals surface area contributed by atoms with Gasteiger partial charge in [-0.3, -0.25) is 14.4 Å². The van der Waals surface area contributed by atoms with E-state index in [-0.39, 0.29) is 24.7 Å². The number of carbonyl (C=O) groups is 4. The number of carbonyl (C=O) groups excluding carboxylic acids is 3. The number of carboxylic acids is 1. The topological polar surface area (TPSA) is 179 Å². The molecule has 1 aromatic rings. The monoisotopic (exact) mass is 498 g/mol. The highest BCUT2D eigenvalue weighted by molar-refractivity contribution is 7.98. The summed E-state index contributed by atoms with van der Waals surface area (Å²) >= 11 is 1.47. The molecule has 0 bridgehead atoms. The molecule has 1 heterocycles. The Hall–Kier alpha value is -2.60. The van der Waals surface area contributed by atoms with Gasteiger partial charge in [0.2, 0.25) is 17.7 Å². The molecule has 34 heavy (non-hydrogen) atoms. The molecular weight excluding hydrogens is 460 g/mol. The van der Waals surface area contributed by atoms with Gasteiger partial charge in [0.25, 0.3) is 0 Å². The van der Waals surface area contributed by atoms with Crippen LogP contribution in [0.15, 0.2) is 12.5 Å². The van der Waals surface area contributed by atoms with Crippen LogP contribution in [0.4, 0.5) is 0 Å². The summed E-state index contributed by atoms with van der Waals surface area (Å²) in [5, 5.41) is 17.3. The van der Waals surface area contributed by atoms with Gasteiger partial charge in [-0.25, -0.2) is 9.78 Å². The van der Waals surface area contributed by atoms with E-state index in [9.17, 15) is 24.3 Å². The summed E-state index contributed by atoms with van der Waals surface area (Å²) in [6.07, 6.45) is 5.82. The lowest BCUT2D eigenvalue weighted by atomic mass is 9.97. The third kappa shape index (κ3) is 9.34. The van der Waals surface area contributed by atoms with E-state index in [2.05, 4.69) is 25.9 Å². The van der Waals surface area contributed by atoms with Gasteiger partial charge in [-0.1, -0.05) is 34.1 Å². The van der Waals surface area contributed by atoms with Crippen LogP contribution in [-0.2, 0) is 25.6 Å². The largest absolute Gasteiger partial charge is 0.480 e. The summed E-state index contributed by atoms with van der Waals surface area (Å²) < 4.78 is 0. The van der Waals surface area contributed by atoms with Gasteiger partial charge < -0.3 is 31.8 Å². The smallest absolute Gasteiger partial charge is 0.326 e. The van der Waals surface area contributed by atoms with Crippen LogP contribution < -0.4 is 21.7 Å². The number of aromatic amines is 1. The Morgan fingerprint density at radius 2 is 1.74 bits per heavy atom. The van der Waals surface area contributed by atoms with Crippen molar-refractivity contribution in [2.45, 2.75) is 71.1 Å². The van der Waals surface area contributed by atoms with Gasteiger partial charge >= 0.3 is 5.97 Å². The Bertz CT molecular complexity index is 804. The summed E-state index contributed by atoms with van der Waals surface area (Å²) in [4.78, 5) is 57.1. The summed E-state index contributed by atoms with van der Waals surface area (Å²) in [6, 6.07) is -3.86. The average molecular weight is 499 g/mol. The first-order chi connectivity index (χ1) is 16.0. The SMILES string of the molecule is CCC(C)C(N)C(=O)NC(C(=O)NC(Cc1cnc[nH]1)C(=O)NC(CCSC)C(=O)O)C(C)C. The van der Waals surface area contributed by atoms with Crippen LogP contribution in [0.25, 0.3) is 0 Å². The minimum absolute atomic E-state index is 0.0657. The number of hydrogen-bond donors (Lipinski definition) is 6. The van der Waals surface area contributed by atoms with Gasteiger partial charge in [-0.15, -0.1) is 0 Å². The first kappa shape index (κ1) is 29.4. The predicted octanol–water partition coefficient (Wildman–Crippen LogP) is 0.274. The number of aromatic nitrogens is 2. The van der Waals surface area contributed by atoms with E-state index in [4.69, 9.17) is 5.73 Å². The van der Waals surface area contributed by atoms with Crippen LogP contribution >= 0.6 is 11.8 Å². The summed E-state index contributed by atoms with van der Waals surface area (Å²) in [5.41, 5.74) is 6.59. The molecule has 0 aliphatic carbocycles. The molecular formula is C22H38N6O5S. The fraction of sp³-hybridized carbons (Fsp3) is 0.682. The molecule has 0 aliphatic heterocycles. The van der Waals surface area contributed by atoms with Crippen molar-refractivity contribution in [3.05, 3.63) is 18.2 Å². The van der Waals surface area contributed by atoms with Gasteiger partial charge in [0.15, 0.2) is 0 Å². The number of aliphatic carboxylic acids is 1. The first-order valence-corrected chi connectivity index (χ1v) is 12.8. The highest BCUT2D eigenvalue weighted by Gasteiger charge is 2.32. The molecule has 0 fully saturated rings. The van der Waals surface area contributed by atoms with Crippen molar-refractivity contribution in [1.82, 2.24) is 25.9 Å². The van der Waals surface area contributed by atoms with E-state index in [1.165, 1.54) is 24.3 Å². The molecule has 1 aromatic heterocycles. The molecule has 0 aromatic carbocycles. The Labute approximate surface area is 204 Å². The molecule has 12 heteroatoms. The van der Waals surface area contributed by atoms with Crippen molar-refractivity contribution in [2.75, 3.05) is 12.0 Å². The highest BCUT2D eigenvalue weighted by Crippen LogP contribution is 2.09. The van der Waals surface area contributed by atoms with Crippen molar-refractivity contribution in [2.24, 2.45) is 17.6 Å². The van der Waals surface area contributed by atoms with Crippen molar-refractivity contribution in [3.8, 4) is 0 Å². The van der Waals surface area contributed by atoms with Crippen LogP contribution in [0.5, 0.6) is 0 Å². The molecule has 5 atom stereocenters. The lowest BCUT2D eigenvalue weighted by molar-refractivity contribution is -0.142. The molecule has 5 unspecified atom stereocenters. The fourth-order valence-corrected chi connectivity index (χ4v) is 3.62. The normalized spacial score (nSPS) is 15.6. The van der Waals surface area contributed by atoms with Crippen molar-refractivity contribution < 1.29 is 24.3 Å². The summed E-state index contributed by atoms with van der Waals surface area (Å²) in [5.74, 6) is -2.59. The van der Waals surface area contributed by atoms with E-state index < -0.39 is 47.9 Å². The zero-order chi connectivity index (χ0) is 25.8. The predicted molar refractivity (Wildman–Crippen MR) is 131 cm³/mol. The Morgan fingerprint density at radius 1 is 1.09 bits per heavy atom. The zero-order valence-corrected chi connectivity index (χ0v) is 21.3. The third-order valence-corrected chi connectivity index (χ3v) is 6.29. The minimum atomic E-state index is -1.15. The first-order valence-electron chi connectivity index (χ1n) is 11.4. The number of thioether (sulfide) groups is 1. The number of nitrogens with two attached hydrogens (primary N) is 1. The van der Waals surface area contributed by atoms with E-state index in [0.717, 1.165) is 0 Å². The van der Waals surface area contributed by atoms with Gasteiger partial charge in [0, 0.05) is 18.3 Å². The van der Waals surface area contributed by atoms with Crippen LogP contribution in [-0.4, -0.2) is 74.9 Å². The zero-order valence-electron chi connectivity index (χ0n) is 20.5. The number of nitrogens with one attached hydrogen (secondary N) is 4. The Morgan fingerprint density at radius 3 is 2.24 bits per heavy atom. The number of hydrogen-bond acceptors (Lipinski definition) is 7. The van der Waals surface area contributed by atoms with E-state index in [1.54, 1.807) is 13.8 Å². The second kappa shape index (κ2) is 14.6. The van der Waals surface area contributed by atoms with E-state index in [0.29, 0.717) is 17.9 Å². The minimum Gasteiger partial charge on any atom is -0.480 e. The second-order valence-corrected chi connectivity index (χ2v) is 9.65. The van der Waals surface area contributed by atoms with Crippen LogP contribution in [0.3, 0.4) is 0 Å². The maximum atomic E-state index is 13.1. The quantitative estimate of drug-likeness (QED) is 0.199. The Balaban J connectivity index is 3.02. The molecule has 192 valence electrons. The number of carboxylic acid groups (broad SMARTS) is 1. The second-order valence-electron chi connectivity index (χ2n) is 8.66. The lowest BCUT2D eigenvalue weighted by Gasteiger charge is -2.27. The Kier molecular flexibility index (Phi) is 12.7. The molecule has 0 radical (unpaired) electrons. The van der Waals surface area contributed by atoms with E-state index in [1.807, 2.05) is 20.1 Å². The number of nitrogens with zero attached hydrogens (tertiary/aromatic N) is 1. The molecule has 11 nitrogen and oxygen atoms in total. The van der Waals surface area contributed by atoms with Crippen LogP contribution in [0.1, 0.15) is 46.2 Å². The number of imidazole rings is 1. The van der Waals surface area contributed by atoms with Gasteiger partial charge in [-0.05, 0) is 30.3 Å². The highest BCUT2D eigenvalue weighted by atomic mass is 32.2. The summed E-state index contributed by atoms with van der Waals surface area (Å²) in [6.45, 7) is 7.32. The van der Waals surface area contributed by atoms with Gasteiger partial charge in [0.1, 0.15) is 18.1 Å². The van der Waals surface area contributed by atoms with Crippen LogP contribution in [0, 0.1) is 11.8 Å². The van der Waals surface area contributed by atoms with Crippen molar-refractivity contribution in [3.63, 3.8) is 0 Å². The van der Waals surface area contributed by atoms with Crippen molar-refractivity contribution in [1.29, 1.82) is 0 Å². The number of H-pyrrole nitrogens is 1. The average Bonchev–Trinajstić information content (AvgIpc) is 3.30. The number of amides is 3. The third-order valence-electron chi connectivity index (χ3n) is 5.64. The lowest BCUT2D eigenvalue weighted by Crippen LogP contribution is -2.59. The molecule has 0 spiro atoms. The van der Waals surface area contributed by atoms with Crippen molar-refractivity contribution >= 4 is 35.5 Å². The van der Waals surface area contributed by atoms with E-state index >= 15 is 0 Å². The summed E-state index contributed by atoms with van der Waals surface area (Å²) in [7, 11) is 0. The standard InChI is InChI=1S/C22H38N6O5S/c1-6-13(4)17(23)20(30)28-18(12(2)3)21(31)27-16(9-14-10-24-11-25-14)19(29)26-15(22(32)33)7-8-34-5/h10-13,15-18H,6-9,23H2,1-5H3,(H,24,25)(H,26,29)(H,27,31)(H,28,30)(H,32,33). The maximum Gasteiger partial charge on any atom is 0.326 e. The molecule has 3 amide bonds. The van der Waals surface area contributed by atoms with Gasteiger partial charge in [0.05, 0.1) is 12.4 Å². The molecule has 7 N–H and O–H groups in total. The molecule has 1 rings (SSSR count). The maximum absolute atomic E-state index is 13.1. The number of rotatable bonds is 15. The molecule has 0 saturated carbocycles. The van der Waals surface area contributed by atoms with Crippen LogP contribution in [0.2, 0.25) is 0 Å². The molecule has 0 aliphatic rings. The van der Waals surface area contributed by atoms with Gasteiger partial charge in [-0.2, -0.15) is 11.8 Å². The molecule has 0 saturated heterocycles.